The molecule has 3 amide bonds. The number of benzene rings is 3. The van der Waals surface area contributed by atoms with Gasteiger partial charge in [0, 0.05) is 42.0 Å². The van der Waals surface area contributed by atoms with Crippen LogP contribution in [-0.2, 0) is 26.2 Å². The molecule has 0 bridgehead atoms. The molecule has 0 aliphatic rings. The van der Waals surface area contributed by atoms with Gasteiger partial charge in [0.25, 0.3) is 5.91 Å². The summed E-state index contributed by atoms with van der Waals surface area (Å²) in [7, 11) is 0. The third-order valence-electron chi connectivity index (χ3n) is 9.08. The van der Waals surface area contributed by atoms with Crippen LogP contribution in [0.2, 0.25) is 0 Å². The summed E-state index contributed by atoms with van der Waals surface area (Å²) in [6.45, 7) is 8.71. The Morgan fingerprint density at radius 1 is 0.764 bits per heavy atom. The molecule has 1 heterocycles. The molecular weight excluding hydrogens is 699 g/mol. The Bertz CT molecular complexity index is 1840. The number of amides is 3. The van der Waals surface area contributed by atoms with Gasteiger partial charge in [-0.25, -0.2) is 14.8 Å². The monoisotopic (exact) mass is 751 g/mol. The van der Waals surface area contributed by atoms with Crippen LogP contribution in [0.3, 0.4) is 0 Å². The van der Waals surface area contributed by atoms with E-state index in [0.29, 0.717) is 23.6 Å². The van der Waals surface area contributed by atoms with Crippen molar-refractivity contribution in [2.75, 3.05) is 19.8 Å². The number of aliphatic carboxylic acids is 1. The number of hydrogen-bond donors (Lipinski definition) is 5. The molecular formula is C43H53N5O7. The Hall–Kier alpha value is -5.62. The van der Waals surface area contributed by atoms with Crippen molar-refractivity contribution in [3.05, 3.63) is 102 Å². The van der Waals surface area contributed by atoms with Crippen molar-refractivity contribution >= 4 is 23.7 Å². The molecule has 0 saturated carbocycles. The molecule has 0 radical (unpaired) electrons. The third kappa shape index (κ3) is 13.3. The zero-order chi connectivity index (χ0) is 39.8. The molecule has 12 heteroatoms. The largest absolute Gasteiger partial charge is 0.494 e. The molecule has 2 atom stereocenters. The maximum absolute atomic E-state index is 13.6. The Balaban J connectivity index is 1.45. The number of carbonyl (C=O) groups excluding carboxylic acids is 3. The predicted molar refractivity (Wildman–Crippen MR) is 212 cm³/mol. The number of carbonyl (C=O) groups is 4. The first-order chi connectivity index (χ1) is 26.4. The van der Waals surface area contributed by atoms with E-state index in [9.17, 15) is 24.3 Å². The van der Waals surface area contributed by atoms with Gasteiger partial charge in [-0.05, 0) is 52.8 Å². The first-order valence-corrected chi connectivity index (χ1v) is 18.8. The van der Waals surface area contributed by atoms with Gasteiger partial charge in [-0.3, -0.25) is 14.4 Å². The van der Waals surface area contributed by atoms with Crippen LogP contribution in [0.5, 0.6) is 5.75 Å². The third-order valence-corrected chi connectivity index (χ3v) is 9.08. The highest BCUT2D eigenvalue weighted by molar-refractivity contribution is 5.98. The van der Waals surface area contributed by atoms with Gasteiger partial charge >= 0.3 is 5.97 Å². The predicted octanol–water partition coefficient (Wildman–Crippen LogP) is 5.87. The van der Waals surface area contributed by atoms with Crippen molar-refractivity contribution in [3.8, 4) is 28.3 Å². The molecule has 292 valence electrons. The van der Waals surface area contributed by atoms with Gasteiger partial charge in [0.1, 0.15) is 17.8 Å². The molecule has 3 aromatic carbocycles. The Morgan fingerprint density at radius 3 is 2.00 bits per heavy atom. The number of carboxylic acids is 1. The summed E-state index contributed by atoms with van der Waals surface area (Å²) >= 11 is 0. The molecule has 0 aliphatic heterocycles. The number of hydrogen-bond acceptors (Lipinski definition) is 8. The van der Waals surface area contributed by atoms with Crippen molar-refractivity contribution in [2.45, 2.75) is 90.1 Å². The fourth-order valence-corrected chi connectivity index (χ4v) is 5.79. The van der Waals surface area contributed by atoms with Gasteiger partial charge in [0.05, 0.1) is 19.6 Å². The normalized spacial score (nSPS) is 12.3. The van der Waals surface area contributed by atoms with Crippen LogP contribution in [0.4, 0.5) is 0 Å². The number of aliphatic hydroxyl groups excluding tert-OH is 1. The SMILES string of the molecule is CCCCCCCOc1ccc(-c2cnc(-c3ccc(CC(NC(=O)c4ccc(C(C)(C)C)cc4)C(=O)NC(CC(=O)NCCO)C(=O)O)cc3)nc2)cc1. The molecule has 4 aromatic rings. The Kier molecular flexibility index (Phi) is 15.9. The lowest BCUT2D eigenvalue weighted by molar-refractivity contribution is -0.143. The van der Waals surface area contributed by atoms with E-state index in [0.717, 1.165) is 34.4 Å². The van der Waals surface area contributed by atoms with Crippen LogP contribution in [-0.4, -0.2) is 75.7 Å². The summed E-state index contributed by atoms with van der Waals surface area (Å²) in [5, 5.41) is 26.3. The highest BCUT2D eigenvalue weighted by atomic mass is 16.5. The van der Waals surface area contributed by atoms with Gasteiger partial charge in [0.2, 0.25) is 11.8 Å². The minimum absolute atomic E-state index is 0.0271. The average molecular weight is 752 g/mol. The summed E-state index contributed by atoms with van der Waals surface area (Å²) in [6, 6.07) is 19.4. The molecule has 4 rings (SSSR count). The zero-order valence-electron chi connectivity index (χ0n) is 32.1. The Labute approximate surface area is 323 Å². The van der Waals surface area contributed by atoms with Gasteiger partial charge in [-0.15, -0.1) is 0 Å². The topological polar surface area (TPSA) is 180 Å². The number of carboxylic acid groups (broad SMARTS) is 1. The maximum Gasteiger partial charge on any atom is 0.326 e. The number of nitrogens with one attached hydrogen (secondary N) is 3. The summed E-state index contributed by atoms with van der Waals surface area (Å²) in [5.74, 6) is -2.03. The first-order valence-electron chi connectivity index (χ1n) is 18.8. The van der Waals surface area contributed by atoms with Crippen molar-refractivity contribution in [1.82, 2.24) is 25.9 Å². The zero-order valence-corrected chi connectivity index (χ0v) is 32.1. The highest BCUT2D eigenvalue weighted by Crippen LogP contribution is 2.25. The van der Waals surface area contributed by atoms with E-state index in [1.54, 1.807) is 36.7 Å². The van der Waals surface area contributed by atoms with E-state index >= 15 is 0 Å². The van der Waals surface area contributed by atoms with E-state index in [1.165, 1.54) is 25.7 Å². The molecule has 2 unspecified atom stereocenters. The van der Waals surface area contributed by atoms with Crippen LogP contribution in [0.25, 0.3) is 22.5 Å². The molecule has 0 fully saturated rings. The summed E-state index contributed by atoms with van der Waals surface area (Å²) < 4.78 is 5.89. The van der Waals surface area contributed by atoms with Crippen LogP contribution >= 0.6 is 0 Å². The number of aliphatic hydroxyl groups is 1. The second-order valence-electron chi connectivity index (χ2n) is 14.5. The summed E-state index contributed by atoms with van der Waals surface area (Å²) in [4.78, 5) is 60.3. The van der Waals surface area contributed by atoms with Crippen LogP contribution in [0.15, 0.2) is 85.2 Å². The number of ether oxygens (including phenoxy) is 1. The second kappa shape index (κ2) is 20.7. The molecule has 0 spiro atoms. The summed E-state index contributed by atoms with van der Waals surface area (Å²) in [5.41, 5.74) is 4.47. The number of unbranched alkanes of at least 4 members (excludes halogenated alkanes) is 4. The van der Waals surface area contributed by atoms with Crippen molar-refractivity contribution in [2.24, 2.45) is 0 Å². The molecule has 0 saturated heterocycles. The molecule has 1 aromatic heterocycles. The number of nitrogens with zero attached hydrogens (tertiary/aromatic N) is 2. The van der Waals surface area contributed by atoms with Crippen molar-refractivity contribution in [3.63, 3.8) is 0 Å². The van der Waals surface area contributed by atoms with Gasteiger partial charge in [-0.2, -0.15) is 0 Å². The van der Waals surface area contributed by atoms with E-state index in [4.69, 9.17) is 9.84 Å². The van der Waals surface area contributed by atoms with Crippen LogP contribution in [0, 0.1) is 0 Å². The average Bonchev–Trinajstić information content (AvgIpc) is 3.18. The van der Waals surface area contributed by atoms with E-state index in [1.807, 2.05) is 48.5 Å². The second-order valence-corrected chi connectivity index (χ2v) is 14.5. The minimum atomic E-state index is -1.56. The fourth-order valence-electron chi connectivity index (χ4n) is 5.79. The molecule has 0 aliphatic carbocycles. The highest BCUT2D eigenvalue weighted by Gasteiger charge is 2.29. The van der Waals surface area contributed by atoms with Crippen LogP contribution < -0.4 is 20.7 Å². The van der Waals surface area contributed by atoms with E-state index in [2.05, 4.69) is 53.6 Å². The van der Waals surface area contributed by atoms with Gasteiger partial charge in [-0.1, -0.05) is 102 Å². The van der Waals surface area contributed by atoms with Gasteiger partial charge < -0.3 is 30.9 Å². The lowest BCUT2D eigenvalue weighted by atomic mass is 9.86. The molecule has 12 nitrogen and oxygen atoms in total. The smallest absolute Gasteiger partial charge is 0.326 e. The number of aromatic nitrogens is 2. The molecule has 55 heavy (non-hydrogen) atoms. The first kappa shape index (κ1) is 42.1. The maximum atomic E-state index is 13.6. The molecule has 5 N–H and O–H groups in total. The Morgan fingerprint density at radius 2 is 1.40 bits per heavy atom. The quantitative estimate of drug-likeness (QED) is 0.0691. The fraction of sp³-hybridized carbons (Fsp3) is 0.395. The standard InChI is InChI=1S/C43H53N5O7/c1-5-6-7-8-9-24-55-35-20-16-30(17-21-35)33-27-45-39(46-28-33)31-12-10-29(11-13-31)25-36(41(52)48-37(42(53)54)26-38(50)44-22-23-49)47-40(51)32-14-18-34(19-15-32)43(2,3)4/h10-21,27-28,36-37,49H,5-9,22-26H2,1-4H3,(H,44,50)(H,47,51)(H,48,52)(H,53,54). The minimum Gasteiger partial charge on any atom is -0.494 e. The van der Waals surface area contributed by atoms with E-state index in [-0.39, 0.29) is 25.0 Å². The van der Waals surface area contributed by atoms with Crippen LogP contribution in [0.1, 0.15) is 87.7 Å². The van der Waals surface area contributed by atoms with Gasteiger partial charge in [0.15, 0.2) is 5.82 Å². The van der Waals surface area contributed by atoms with E-state index < -0.39 is 42.2 Å². The lowest BCUT2D eigenvalue weighted by Crippen LogP contribution is -2.53. The number of rotatable bonds is 20. The van der Waals surface area contributed by atoms with Crippen molar-refractivity contribution in [1.29, 1.82) is 0 Å². The van der Waals surface area contributed by atoms with Crippen molar-refractivity contribution < 1.29 is 34.1 Å². The summed E-state index contributed by atoms with van der Waals surface area (Å²) in [6.07, 6.45) is 8.91. The lowest BCUT2D eigenvalue weighted by Gasteiger charge is -2.22.